The van der Waals surface area contributed by atoms with Crippen LogP contribution >= 0.6 is 11.8 Å². The first-order chi connectivity index (χ1) is 9.71. The van der Waals surface area contributed by atoms with Crippen LogP contribution in [0.1, 0.15) is 5.56 Å². The van der Waals surface area contributed by atoms with Gasteiger partial charge in [0.15, 0.2) is 5.54 Å². The molecule has 0 saturated carbocycles. The van der Waals surface area contributed by atoms with E-state index in [1.54, 1.807) is 30.1 Å². The summed E-state index contributed by atoms with van der Waals surface area (Å²) in [4.78, 5) is 9.03. The fraction of sp³-hybridized carbons (Fsp3) is 0.286. The lowest BCUT2D eigenvalue weighted by atomic mass is 9.92. The molecule has 2 aliphatic rings. The lowest BCUT2D eigenvalue weighted by Crippen LogP contribution is -2.27. The average molecular weight is 294 g/mol. The molecule has 0 bridgehead atoms. The van der Waals surface area contributed by atoms with Crippen molar-refractivity contribution in [3.05, 3.63) is 42.0 Å². The maximum absolute atomic E-state index is 12.2. The van der Waals surface area contributed by atoms with Crippen LogP contribution in [-0.2, 0) is 5.54 Å². The molecule has 0 saturated heterocycles. The van der Waals surface area contributed by atoms with Gasteiger partial charge in [-0.15, -0.1) is 11.8 Å². The van der Waals surface area contributed by atoms with Gasteiger partial charge in [-0.3, -0.25) is 9.98 Å². The van der Waals surface area contributed by atoms with E-state index in [1.165, 1.54) is 12.1 Å². The topological polar surface area (TPSA) is 34.0 Å². The number of benzene rings is 1. The van der Waals surface area contributed by atoms with Gasteiger partial charge >= 0.3 is 6.61 Å². The highest BCUT2D eigenvalue weighted by Gasteiger charge is 2.37. The minimum atomic E-state index is -2.81. The molecule has 0 amide bonds. The molecular formula is C14H12F2N2OS. The third-order valence-corrected chi connectivity index (χ3v) is 4.23. The largest absolute Gasteiger partial charge is 0.435 e. The second kappa shape index (κ2) is 5.36. The summed E-state index contributed by atoms with van der Waals surface area (Å²) in [5, 5.41) is 0.949. The number of thioether (sulfide) groups is 1. The second-order valence-electron chi connectivity index (χ2n) is 4.34. The highest BCUT2D eigenvalue weighted by atomic mass is 32.2. The van der Waals surface area contributed by atoms with Crippen molar-refractivity contribution in [2.45, 2.75) is 12.2 Å². The zero-order valence-electron chi connectivity index (χ0n) is 10.5. The molecule has 2 aliphatic heterocycles. The van der Waals surface area contributed by atoms with Crippen molar-refractivity contribution in [2.75, 3.05) is 12.3 Å². The van der Waals surface area contributed by atoms with Crippen molar-refractivity contribution < 1.29 is 13.5 Å². The standard InChI is InChI=1S/C14H12F2N2OS/c15-13(16)19-11-4-2-10(3-5-11)14(6-1-7-18-14)12-17-8-9-20-12/h1-7,13H,8-9H2. The normalized spacial score (nSPS) is 24.4. The van der Waals surface area contributed by atoms with Gasteiger partial charge in [0.1, 0.15) is 10.8 Å². The first kappa shape index (κ1) is 13.3. The monoisotopic (exact) mass is 294 g/mol. The summed E-state index contributed by atoms with van der Waals surface area (Å²) >= 11 is 1.68. The van der Waals surface area contributed by atoms with Crippen LogP contribution in [0.3, 0.4) is 0 Å². The Balaban J connectivity index is 1.93. The van der Waals surface area contributed by atoms with Crippen molar-refractivity contribution >= 4 is 23.0 Å². The molecule has 1 unspecified atom stereocenters. The first-order valence-electron chi connectivity index (χ1n) is 6.17. The van der Waals surface area contributed by atoms with Crippen LogP contribution in [0.4, 0.5) is 8.78 Å². The van der Waals surface area contributed by atoms with Crippen molar-refractivity contribution in [2.24, 2.45) is 9.98 Å². The van der Waals surface area contributed by atoms with Gasteiger partial charge in [-0.05, 0) is 29.8 Å². The maximum atomic E-state index is 12.2. The highest BCUT2D eigenvalue weighted by molar-refractivity contribution is 8.14. The molecule has 0 fully saturated rings. The van der Waals surface area contributed by atoms with Crippen LogP contribution in [-0.4, -0.2) is 30.2 Å². The van der Waals surface area contributed by atoms with Crippen LogP contribution in [0, 0.1) is 0 Å². The molecule has 2 heterocycles. The van der Waals surface area contributed by atoms with E-state index in [-0.39, 0.29) is 5.75 Å². The Labute approximate surface area is 119 Å². The summed E-state index contributed by atoms with van der Waals surface area (Å²) in [6, 6.07) is 6.58. The van der Waals surface area contributed by atoms with E-state index >= 15 is 0 Å². The summed E-state index contributed by atoms with van der Waals surface area (Å²) in [6.45, 7) is -2.02. The van der Waals surface area contributed by atoms with Crippen LogP contribution in [0.2, 0.25) is 0 Å². The fourth-order valence-electron chi connectivity index (χ4n) is 2.26. The SMILES string of the molecule is FC(F)Oc1ccc(C2(C3=NCCS3)C=CC=N2)cc1. The molecule has 1 atom stereocenters. The van der Waals surface area contributed by atoms with Crippen molar-refractivity contribution in [1.29, 1.82) is 0 Å². The molecule has 6 heteroatoms. The fourth-order valence-corrected chi connectivity index (χ4v) is 3.28. The minimum absolute atomic E-state index is 0.144. The molecule has 20 heavy (non-hydrogen) atoms. The zero-order chi connectivity index (χ0) is 14.0. The van der Waals surface area contributed by atoms with Gasteiger partial charge in [-0.1, -0.05) is 12.1 Å². The smallest absolute Gasteiger partial charge is 0.387 e. The van der Waals surface area contributed by atoms with Gasteiger partial charge in [0.2, 0.25) is 0 Å². The molecule has 3 nitrogen and oxygen atoms in total. The van der Waals surface area contributed by atoms with Gasteiger partial charge in [-0.2, -0.15) is 8.78 Å². The van der Waals surface area contributed by atoms with Gasteiger partial charge in [-0.25, -0.2) is 0 Å². The van der Waals surface area contributed by atoms with Crippen molar-refractivity contribution in [3.63, 3.8) is 0 Å². The van der Waals surface area contributed by atoms with E-state index in [0.717, 1.165) is 22.9 Å². The van der Waals surface area contributed by atoms with E-state index in [9.17, 15) is 8.78 Å². The van der Waals surface area contributed by atoms with Crippen LogP contribution in [0.5, 0.6) is 5.75 Å². The molecule has 0 spiro atoms. The van der Waals surface area contributed by atoms with E-state index < -0.39 is 12.2 Å². The number of hydrogen-bond acceptors (Lipinski definition) is 4. The lowest BCUT2D eigenvalue weighted by Gasteiger charge is -2.24. The van der Waals surface area contributed by atoms with Crippen LogP contribution < -0.4 is 4.74 Å². The van der Waals surface area contributed by atoms with Crippen LogP contribution in [0.25, 0.3) is 0 Å². The Bertz CT molecular complexity index is 569. The van der Waals surface area contributed by atoms with E-state index in [0.29, 0.717) is 0 Å². The van der Waals surface area contributed by atoms with Crippen LogP contribution in [0.15, 0.2) is 46.4 Å². The molecule has 0 aliphatic carbocycles. The Morgan fingerprint density at radius 2 is 2.05 bits per heavy atom. The van der Waals surface area contributed by atoms with Gasteiger partial charge < -0.3 is 4.74 Å². The number of alkyl halides is 2. The average Bonchev–Trinajstić information content (AvgIpc) is 3.11. The summed E-state index contributed by atoms with van der Waals surface area (Å²) in [5.74, 6) is 1.10. The Morgan fingerprint density at radius 3 is 2.60 bits per heavy atom. The van der Waals surface area contributed by atoms with Gasteiger partial charge in [0.05, 0.1) is 0 Å². The quantitative estimate of drug-likeness (QED) is 0.854. The molecular weight excluding hydrogens is 282 g/mol. The molecule has 104 valence electrons. The van der Waals surface area contributed by atoms with E-state index in [2.05, 4.69) is 14.7 Å². The van der Waals surface area contributed by atoms with E-state index in [1.807, 2.05) is 12.2 Å². The lowest BCUT2D eigenvalue weighted by molar-refractivity contribution is -0.0498. The highest BCUT2D eigenvalue weighted by Crippen LogP contribution is 2.38. The Hall–Kier alpha value is -1.69. The number of nitrogens with zero attached hydrogens (tertiary/aromatic N) is 2. The number of ether oxygens (including phenoxy) is 1. The molecule has 0 aromatic heterocycles. The molecule has 1 aromatic carbocycles. The van der Waals surface area contributed by atoms with Crippen molar-refractivity contribution in [3.8, 4) is 5.75 Å². The number of hydrogen-bond donors (Lipinski definition) is 0. The summed E-state index contributed by atoms with van der Waals surface area (Å²) in [6.07, 6.45) is 5.60. The minimum Gasteiger partial charge on any atom is -0.435 e. The van der Waals surface area contributed by atoms with Crippen molar-refractivity contribution in [1.82, 2.24) is 0 Å². The van der Waals surface area contributed by atoms with Gasteiger partial charge in [0, 0.05) is 18.5 Å². The predicted octanol–water partition coefficient (Wildman–Crippen LogP) is 3.27. The van der Waals surface area contributed by atoms with Gasteiger partial charge in [0.25, 0.3) is 0 Å². The predicted molar refractivity (Wildman–Crippen MR) is 77.1 cm³/mol. The Kier molecular flexibility index (Phi) is 3.56. The first-order valence-corrected chi connectivity index (χ1v) is 7.15. The zero-order valence-corrected chi connectivity index (χ0v) is 11.3. The summed E-state index contributed by atoms with van der Waals surface area (Å²) < 4.78 is 28.7. The maximum Gasteiger partial charge on any atom is 0.387 e. The molecule has 0 N–H and O–H groups in total. The third kappa shape index (κ3) is 2.35. The molecule has 1 aromatic rings. The summed E-state index contributed by atoms with van der Waals surface area (Å²) in [5.41, 5.74) is 0.308. The molecule has 0 radical (unpaired) electrons. The van der Waals surface area contributed by atoms with E-state index in [4.69, 9.17) is 0 Å². The number of rotatable bonds is 4. The molecule has 3 rings (SSSR count). The number of aliphatic imine (C=N–C) groups is 2. The Morgan fingerprint density at radius 1 is 1.25 bits per heavy atom. The second-order valence-corrected chi connectivity index (χ2v) is 5.43. The third-order valence-electron chi connectivity index (χ3n) is 3.13. The number of halogens is 2. The summed E-state index contributed by atoms with van der Waals surface area (Å²) in [7, 11) is 0. The number of allylic oxidation sites excluding steroid dienone is 1.